The number of hydrogen-bond acceptors (Lipinski definition) is 5. The van der Waals surface area contributed by atoms with Crippen LogP contribution in [-0.4, -0.2) is 41.8 Å². The summed E-state index contributed by atoms with van der Waals surface area (Å²) in [6.45, 7) is 12.1. The Balaban J connectivity index is 1.90. The van der Waals surface area contributed by atoms with Crippen molar-refractivity contribution < 1.29 is 4.74 Å². The van der Waals surface area contributed by atoms with E-state index < -0.39 is 0 Å². The standard InChI is InChI=1S/C15H26N4O/c1-11(2)5-16-6-14-7-17-15(18-8-14)19-9-12(3)20-13(4)10-19/h7-8,11-13,16H,5-6,9-10H2,1-4H3/t12-,13+. The molecule has 0 aliphatic carbocycles. The topological polar surface area (TPSA) is 50.3 Å². The van der Waals surface area contributed by atoms with E-state index in [0.717, 1.165) is 37.7 Å². The first-order valence-corrected chi connectivity index (χ1v) is 7.46. The smallest absolute Gasteiger partial charge is 0.225 e. The number of ether oxygens (including phenoxy) is 1. The predicted molar refractivity (Wildman–Crippen MR) is 80.8 cm³/mol. The molecule has 2 heterocycles. The summed E-state index contributed by atoms with van der Waals surface area (Å²) in [6, 6.07) is 0. The Morgan fingerprint density at radius 3 is 2.40 bits per heavy atom. The van der Waals surface area contributed by atoms with Crippen molar-refractivity contribution in [3.63, 3.8) is 0 Å². The molecule has 1 aliphatic rings. The second-order valence-electron chi connectivity index (χ2n) is 6.08. The van der Waals surface area contributed by atoms with Gasteiger partial charge in [-0.3, -0.25) is 0 Å². The highest BCUT2D eigenvalue weighted by atomic mass is 16.5. The van der Waals surface area contributed by atoms with E-state index in [1.54, 1.807) is 0 Å². The molecule has 1 fully saturated rings. The van der Waals surface area contributed by atoms with Crippen molar-refractivity contribution in [1.82, 2.24) is 15.3 Å². The average Bonchev–Trinajstić information content (AvgIpc) is 2.38. The van der Waals surface area contributed by atoms with Crippen LogP contribution in [0.3, 0.4) is 0 Å². The van der Waals surface area contributed by atoms with E-state index in [-0.39, 0.29) is 12.2 Å². The first-order valence-electron chi connectivity index (χ1n) is 7.46. The summed E-state index contributed by atoms with van der Waals surface area (Å²) in [4.78, 5) is 11.2. The highest BCUT2D eigenvalue weighted by Crippen LogP contribution is 2.16. The number of morpholine rings is 1. The van der Waals surface area contributed by atoms with Crippen LogP contribution < -0.4 is 10.2 Å². The third-order valence-corrected chi connectivity index (χ3v) is 3.28. The number of nitrogens with zero attached hydrogens (tertiary/aromatic N) is 3. The van der Waals surface area contributed by atoms with Crippen LogP contribution in [0, 0.1) is 5.92 Å². The molecule has 5 nitrogen and oxygen atoms in total. The minimum absolute atomic E-state index is 0.231. The van der Waals surface area contributed by atoms with E-state index in [9.17, 15) is 0 Å². The maximum absolute atomic E-state index is 5.73. The molecule has 0 saturated carbocycles. The Morgan fingerprint density at radius 2 is 1.85 bits per heavy atom. The number of hydrogen-bond donors (Lipinski definition) is 1. The van der Waals surface area contributed by atoms with Crippen molar-refractivity contribution in [2.45, 2.75) is 46.4 Å². The molecule has 0 radical (unpaired) electrons. The molecule has 0 aromatic carbocycles. The fourth-order valence-electron chi connectivity index (χ4n) is 2.45. The van der Waals surface area contributed by atoms with Crippen molar-refractivity contribution in [2.75, 3.05) is 24.5 Å². The second kappa shape index (κ2) is 6.99. The molecule has 0 spiro atoms. The first kappa shape index (κ1) is 15.2. The zero-order valence-electron chi connectivity index (χ0n) is 13.0. The normalized spacial score (nSPS) is 23.4. The van der Waals surface area contributed by atoms with Crippen molar-refractivity contribution in [1.29, 1.82) is 0 Å². The Labute approximate surface area is 121 Å². The van der Waals surface area contributed by atoms with Gasteiger partial charge in [-0.15, -0.1) is 0 Å². The molecule has 1 saturated heterocycles. The highest BCUT2D eigenvalue weighted by Gasteiger charge is 2.23. The number of aromatic nitrogens is 2. The summed E-state index contributed by atoms with van der Waals surface area (Å²) < 4.78 is 5.73. The minimum Gasteiger partial charge on any atom is -0.372 e. The van der Waals surface area contributed by atoms with Gasteiger partial charge in [0.15, 0.2) is 0 Å². The molecule has 2 rings (SSSR count). The summed E-state index contributed by atoms with van der Waals surface area (Å²) in [5, 5.41) is 3.40. The third kappa shape index (κ3) is 4.42. The van der Waals surface area contributed by atoms with Gasteiger partial charge in [-0.1, -0.05) is 13.8 Å². The van der Waals surface area contributed by atoms with Gasteiger partial charge < -0.3 is 15.0 Å². The second-order valence-corrected chi connectivity index (χ2v) is 6.08. The van der Waals surface area contributed by atoms with Gasteiger partial charge in [0.1, 0.15) is 0 Å². The Kier molecular flexibility index (Phi) is 5.31. The predicted octanol–water partition coefficient (Wildman–Crippen LogP) is 1.84. The summed E-state index contributed by atoms with van der Waals surface area (Å²) in [5.41, 5.74) is 1.13. The number of rotatable bonds is 5. The van der Waals surface area contributed by atoms with Gasteiger partial charge >= 0.3 is 0 Å². The molecule has 0 unspecified atom stereocenters. The van der Waals surface area contributed by atoms with Crippen LogP contribution in [0.1, 0.15) is 33.3 Å². The summed E-state index contributed by atoms with van der Waals surface area (Å²) in [7, 11) is 0. The van der Waals surface area contributed by atoms with Crippen LogP contribution >= 0.6 is 0 Å². The number of anilines is 1. The molecule has 1 aromatic rings. The quantitative estimate of drug-likeness (QED) is 0.890. The molecule has 20 heavy (non-hydrogen) atoms. The summed E-state index contributed by atoms with van der Waals surface area (Å²) >= 11 is 0. The maximum atomic E-state index is 5.73. The lowest BCUT2D eigenvalue weighted by Gasteiger charge is -2.35. The molecule has 1 N–H and O–H groups in total. The SMILES string of the molecule is CC(C)CNCc1cnc(N2C[C@@H](C)O[C@@H](C)C2)nc1. The van der Waals surface area contributed by atoms with Gasteiger partial charge in [0.05, 0.1) is 12.2 Å². The fourth-order valence-corrected chi connectivity index (χ4v) is 2.45. The molecule has 2 atom stereocenters. The summed E-state index contributed by atoms with van der Waals surface area (Å²) in [5.74, 6) is 1.46. The molecule has 0 bridgehead atoms. The van der Waals surface area contributed by atoms with E-state index in [0.29, 0.717) is 5.92 Å². The Bertz CT molecular complexity index is 397. The monoisotopic (exact) mass is 278 g/mol. The maximum Gasteiger partial charge on any atom is 0.225 e. The molecule has 1 aromatic heterocycles. The van der Waals surface area contributed by atoms with Gasteiger partial charge in [0.25, 0.3) is 0 Å². The third-order valence-electron chi connectivity index (χ3n) is 3.28. The van der Waals surface area contributed by atoms with Gasteiger partial charge in [-0.25, -0.2) is 9.97 Å². The van der Waals surface area contributed by atoms with E-state index in [2.05, 4.69) is 47.9 Å². The van der Waals surface area contributed by atoms with Crippen LogP contribution in [0.25, 0.3) is 0 Å². The highest BCUT2D eigenvalue weighted by molar-refractivity contribution is 5.31. The molecular weight excluding hydrogens is 252 g/mol. The number of nitrogens with one attached hydrogen (secondary N) is 1. The molecule has 1 aliphatic heterocycles. The van der Waals surface area contributed by atoms with Crippen LogP contribution in [0.15, 0.2) is 12.4 Å². The van der Waals surface area contributed by atoms with Gasteiger partial charge in [0, 0.05) is 37.6 Å². The molecule has 0 amide bonds. The first-order chi connectivity index (χ1) is 9.54. The zero-order chi connectivity index (χ0) is 14.5. The molecule has 112 valence electrons. The van der Waals surface area contributed by atoms with Crippen molar-refractivity contribution in [3.8, 4) is 0 Å². The van der Waals surface area contributed by atoms with Crippen LogP contribution in [0.4, 0.5) is 5.95 Å². The Morgan fingerprint density at radius 1 is 1.25 bits per heavy atom. The molecule has 5 heteroatoms. The van der Waals surface area contributed by atoms with Crippen LogP contribution in [-0.2, 0) is 11.3 Å². The Hall–Kier alpha value is -1.20. The van der Waals surface area contributed by atoms with Crippen LogP contribution in [0.5, 0.6) is 0 Å². The lowest BCUT2D eigenvalue weighted by Crippen LogP contribution is -2.46. The van der Waals surface area contributed by atoms with Gasteiger partial charge in [-0.05, 0) is 26.3 Å². The van der Waals surface area contributed by atoms with E-state index in [1.165, 1.54) is 0 Å². The van der Waals surface area contributed by atoms with Crippen molar-refractivity contribution in [2.24, 2.45) is 5.92 Å². The fraction of sp³-hybridized carbons (Fsp3) is 0.733. The lowest BCUT2D eigenvalue weighted by molar-refractivity contribution is -0.00572. The van der Waals surface area contributed by atoms with E-state index in [1.807, 2.05) is 12.4 Å². The van der Waals surface area contributed by atoms with E-state index >= 15 is 0 Å². The lowest BCUT2D eigenvalue weighted by atomic mass is 10.2. The minimum atomic E-state index is 0.231. The van der Waals surface area contributed by atoms with Crippen molar-refractivity contribution in [3.05, 3.63) is 18.0 Å². The van der Waals surface area contributed by atoms with E-state index in [4.69, 9.17) is 4.74 Å². The van der Waals surface area contributed by atoms with Crippen LogP contribution in [0.2, 0.25) is 0 Å². The largest absolute Gasteiger partial charge is 0.372 e. The zero-order valence-corrected chi connectivity index (χ0v) is 13.0. The van der Waals surface area contributed by atoms with Crippen molar-refractivity contribution >= 4 is 5.95 Å². The summed E-state index contributed by atoms with van der Waals surface area (Å²) in [6.07, 6.45) is 4.30. The average molecular weight is 278 g/mol. The molecular formula is C15H26N4O. The van der Waals surface area contributed by atoms with Gasteiger partial charge in [0.2, 0.25) is 5.95 Å². The van der Waals surface area contributed by atoms with Gasteiger partial charge in [-0.2, -0.15) is 0 Å².